The predicted molar refractivity (Wildman–Crippen MR) is 102 cm³/mol. The lowest BCUT2D eigenvalue weighted by atomic mass is 9.83. The zero-order valence-electron chi connectivity index (χ0n) is 13.8. The highest BCUT2D eigenvalue weighted by atomic mass is 79.9. The SMILES string of the molecule is COc1ccc(C2CC(=O)C(C=Nc3ccc(Br)cc3)=C(O)C2)cc1. The van der Waals surface area contributed by atoms with E-state index in [1.165, 1.54) is 6.21 Å². The molecule has 3 rings (SSSR count). The molecule has 1 aliphatic carbocycles. The number of rotatable bonds is 4. The second-order valence-electron chi connectivity index (χ2n) is 5.90. The number of methoxy groups -OCH3 is 1. The Kier molecular flexibility index (Phi) is 5.34. The Morgan fingerprint density at radius 2 is 1.80 bits per heavy atom. The number of aliphatic hydroxyl groups is 1. The fourth-order valence-corrected chi connectivity index (χ4v) is 3.10. The van der Waals surface area contributed by atoms with E-state index in [0.717, 1.165) is 21.5 Å². The van der Waals surface area contributed by atoms with Crippen LogP contribution in [-0.4, -0.2) is 24.2 Å². The van der Waals surface area contributed by atoms with Crippen molar-refractivity contribution in [1.29, 1.82) is 0 Å². The molecule has 0 radical (unpaired) electrons. The molecule has 0 saturated heterocycles. The van der Waals surface area contributed by atoms with Gasteiger partial charge in [-0.25, -0.2) is 0 Å². The third kappa shape index (κ3) is 4.17. The summed E-state index contributed by atoms with van der Waals surface area (Å²) in [5.41, 5.74) is 2.05. The molecule has 0 heterocycles. The Morgan fingerprint density at radius 1 is 1.12 bits per heavy atom. The number of aliphatic imine (C=N–C) groups is 1. The number of hydrogen-bond donors (Lipinski definition) is 1. The molecule has 0 spiro atoms. The number of carbonyl (C=O) groups excluding carboxylic acids is 1. The Morgan fingerprint density at radius 3 is 2.40 bits per heavy atom. The number of nitrogens with zero attached hydrogens (tertiary/aromatic N) is 1. The highest BCUT2D eigenvalue weighted by molar-refractivity contribution is 9.10. The molecule has 25 heavy (non-hydrogen) atoms. The molecule has 0 saturated carbocycles. The van der Waals surface area contributed by atoms with Gasteiger partial charge in [-0.3, -0.25) is 9.79 Å². The second-order valence-corrected chi connectivity index (χ2v) is 6.81. The first kappa shape index (κ1) is 17.4. The van der Waals surface area contributed by atoms with Gasteiger partial charge in [-0.15, -0.1) is 0 Å². The maximum absolute atomic E-state index is 12.4. The van der Waals surface area contributed by atoms with Crippen LogP contribution < -0.4 is 4.74 Å². The van der Waals surface area contributed by atoms with Crippen molar-refractivity contribution in [1.82, 2.24) is 0 Å². The minimum absolute atomic E-state index is 0.0248. The van der Waals surface area contributed by atoms with Gasteiger partial charge in [0.1, 0.15) is 11.5 Å². The molecular formula is C20H18BrNO3. The van der Waals surface area contributed by atoms with Crippen molar-refractivity contribution in [2.45, 2.75) is 18.8 Å². The zero-order chi connectivity index (χ0) is 17.8. The van der Waals surface area contributed by atoms with Crippen LogP contribution in [0.25, 0.3) is 0 Å². The van der Waals surface area contributed by atoms with E-state index in [1.54, 1.807) is 7.11 Å². The first-order chi connectivity index (χ1) is 12.1. The van der Waals surface area contributed by atoms with Gasteiger partial charge in [-0.2, -0.15) is 0 Å². The minimum Gasteiger partial charge on any atom is -0.511 e. The van der Waals surface area contributed by atoms with Gasteiger partial charge in [0.05, 0.1) is 18.4 Å². The Hall–Kier alpha value is -2.40. The molecule has 2 aromatic carbocycles. The molecular weight excluding hydrogens is 382 g/mol. The quantitative estimate of drug-likeness (QED) is 0.725. The molecule has 1 unspecified atom stereocenters. The number of aliphatic hydroxyl groups excluding tert-OH is 1. The fourth-order valence-electron chi connectivity index (χ4n) is 2.83. The second kappa shape index (κ2) is 7.66. The third-order valence-electron chi connectivity index (χ3n) is 4.24. The Labute approximate surface area is 155 Å². The average Bonchev–Trinajstić information content (AvgIpc) is 2.62. The summed E-state index contributed by atoms with van der Waals surface area (Å²) in [5, 5.41) is 10.3. The lowest BCUT2D eigenvalue weighted by Gasteiger charge is -2.22. The monoisotopic (exact) mass is 399 g/mol. The van der Waals surface area contributed by atoms with E-state index in [0.29, 0.717) is 18.4 Å². The number of halogens is 1. The van der Waals surface area contributed by atoms with E-state index in [-0.39, 0.29) is 17.5 Å². The van der Waals surface area contributed by atoms with Gasteiger partial charge in [0, 0.05) is 23.5 Å². The molecule has 0 fully saturated rings. The lowest BCUT2D eigenvalue weighted by molar-refractivity contribution is -0.116. The summed E-state index contributed by atoms with van der Waals surface area (Å²) in [6.07, 6.45) is 2.25. The molecule has 5 heteroatoms. The van der Waals surface area contributed by atoms with Gasteiger partial charge < -0.3 is 9.84 Å². The van der Waals surface area contributed by atoms with Gasteiger partial charge in [-0.05, 0) is 47.9 Å². The summed E-state index contributed by atoms with van der Waals surface area (Å²) in [6.45, 7) is 0. The normalized spacial score (nSPS) is 18.0. The Bertz CT molecular complexity index is 823. The van der Waals surface area contributed by atoms with Crippen molar-refractivity contribution in [3.8, 4) is 5.75 Å². The number of ether oxygens (including phenoxy) is 1. The van der Waals surface area contributed by atoms with Crippen LogP contribution in [0.15, 0.2) is 69.3 Å². The summed E-state index contributed by atoms with van der Waals surface area (Å²) in [5.74, 6) is 0.750. The molecule has 2 aromatic rings. The van der Waals surface area contributed by atoms with Gasteiger partial charge >= 0.3 is 0 Å². The molecule has 1 N–H and O–H groups in total. The van der Waals surface area contributed by atoms with E-state index in [9.17, 15) is 9.90 Å². The van der Waals surface area contributed by atoms with Crippen molar-refractivity contribution in [2.75, 3.05) is 7.11 Å². The van der Waals surface area contributed by atoms with Crippen LogP contribution in [0.5, 0.6) is 5.75 Å². The van der Waals surface area contributed by atoms with Gasteiger partial charge in [0.2, 0.25) is 0 Å². The standard InChI is InChI=1S/C20H18BrNO3/c1-25-17-8-2-13(3-9-17)14-10-19(23)18(20(24)11-14)12-22-16-6-4-15(21)5-7-16/h2-9,12,14,23H,10-11H2,1H3. The van der Waals surface area contributed by atoms with Crippen molar-refractivity contribution in [3.63, 3.8) is 0 Å². The summed E-state index contributed by atoms with van der Waals surface area (Å²) >= 11 is 3.37. The molecule has 0 aromatic heterocycles. The molecule has 0 amide bonds. The molecule has 1 aliphatic rings. The fraction of sp³-hybridized carbons (Fsp3) is 0.200. The highest BCUT2D eigenvalue weighted by Gasteiger charge is 2.27. The molecule has 1 atom stereocenters. The van der Waals surface area contributed by atoms with Crippen molar-refractivity contribution in [3.05, 3.63) is 69.9 Å². The number of Topliss-reactive ketones (excluding diaryl/α,β-unsaturated/α-hetero) is 1. The van der Waals surface area contributed by atoms with E-state index in [2.05, 4.69) is 20.9 Å². The number of carbonyl (C=O) groups is 1. The van der Waals surface area contributed by atoms with Gasteiger partial charge in [0.15, 0.2) is 5.78 Å². The smallest absolute Gasteiger partial charge is 0.168 e. The molecule has 4 nitrogen and oxygen atoms in total. The van der Waals surface area contributed by atoms with E-state index in [1.807, 2.05) is 48.5 Å². The minimum atomic E-state index is -0.0922. The van der Waals surface area contributed by atoms with Gasteiger partial charge in [-0.1, -0.05) is 28.1 Å². The van der Waals surface area contributed by atoms with Gasteiger partial charge in [0.25, 0.3) is 0 Å². The van der Waals surface area contributed by atoms with Crippen LogP contribution >= 0.6 is 15.9 Å². The van der Waals surface area contributed by atoms with Crippen molar-refractivity contribution >= 4 is 33.6 Å². The van der Waals surface area contributed by atoms with E-state index in [4.69, 9.17) is 4.74 Å². The summed E-state index contributed by atoms with van der Waals surface area (Å²) in [4.78, 5) is 16.7. The topological polar surface area (TPSA) is 58.9 Å². The molecule has 128 valence electrons. The van der Waals surface area contributed by atoms with Crippen molar-refractivity contribution < 1.29 is 14.6 Å². The number of ketones is 1. The van der Waals surface area contributed by atoms with Crippen LogP contribution in [0.3, 0.4) is 0 Å². The van der Waals surface area contributed by atoms with E-state index >= 15 is 0 Å². The first-order valence-electron chi connectivity index (χ1n) is 7.95. The van der Waals surface area contributed by atoms with Crippen LogP contribution in [0.4, 0.5) is 5.69 Å². The van der Waals surface area contributed by atoms with Crippen LogP contribution in [-0.2, 0) is 4.79 Å². The maximum Gasteiger partial charge on any atom is 0.168 e. The number of hydrogen-bond acceptors (Lipinski definition) is 4. The molecule has 0 aliphatic heterocycles. The summed E-state index contributed by atoms with van der Waals surface area (Å²) < 4.78 is 6.11. The van der Waals surface area contributed by atoms with Crippen LogP contribution in [0.2, 0.25) is 0 Å². The largest absolute Gasteiger partial charge is 0.511 e. The zero-order valence-corrected chi connectivity index (χ0v) is 15.4. The predicted octanol–water partition coefficient (Wildman–Crippen LogP) is 5.12. The highest BCUT2D eigenvalue weighted by Crippen LogP contribution is 2.34. The van der Waals surface area contributed by atoms with Crippen LogP contribution in [0, 0.1) is 0 Å². The lowest BCUT2D eigenvalue weighted by Crippen LogP contribution is -2.19. The Balaban J connectivity index is 1.77. The number of benzene rings is 2. The first-order valence-corrected chi connectivity index (χ1v) is 8.75. The van der Waals surface area contributed by atoms with Crippen molar-refractivity contribution in [2.24, 2.45) is 4.99 Å². The molecule has 0 bridgehead atoms. The average molecular weight is 400 g/mol. The summed E-state index contributed by atoms with van der Waals surface area (Å²) in [6, 6.07) is 15.0. The third-order valence-corrected chi connectivity index (χ3v) is 4.77. The van der Waals surface area contributed by atoms with E-state index < -0.39 is 0 Å². The summed E-state index contributed by atoms with van der Waals surface area (Å²) in [7, 11) is 1.62. The number of allylic oxidation sites excluding steroid dienone is 2. The maximum atomic E-state index is 12.4. The van der Waals surface area contributed by atoms with Crippen LogP contribution in [0.1, 0.15) is 24.3 Å².